The van der Waals surface area contributed by atoms with Gasteiger partial charge in [-0.3, -0.25) is 29.0 Å². The maximum atomic E-state index is 15.0. The molecule has 26 nitrogen and oxygen atoms in total. The molecule has 4 N–H and O–H groups in total. The summed E-state index contributed by atoms with van der Waals surface area (Å²) in [6, 6.07) is 46.4. The molecule has 6 aromatic carbocycles. The largest absolute Gasteiger partial charge is 0.448 e. The molecule has 4 aliphatic rings. The third-order valence-electron chi connectivity index (χ3n) is 20.0. The summed E-state index contributed by atoms with van der Waals surface area (Å²) in [6.07, 6.45) is -0.690. The van der Waals surface area contributed by atoms with Crippen LogP contribution in [0.4, 0.5) is 21.5 Å². The van der Waals surface area contributed by atoms with E-state index in [1.807, 2.05) is 133 Å². The van der Waals surface area contributed by atoms with Crippen LogP contribution in [-0.4, -0.2) is 198 Å². The summed E-state index contributed by atoms with van der Waals surface area (Å²) in [5, 5.41) is 37.2. The van der Waals surface area contributed by atoms with Gasteiger partial charge in [0.1, 0.15) is 50.6 Å². The molecule has 0 bridgehead atoms. The summed E-state index contributed by atoms with van der Waals surface area (Å²) in [5.74, 6) is 9.74. The van der Waals surface area contributed by atoms with Crippen LogP contribution in [0.25, 0.3) is 22.3 Å². The maximum Gasteiger partial charge on any atom is 0.410 e. The van der Waals surface area contributed by atoms with Gasteiger partial charge in [-0.25, -0.2) is 19.0 Å². The predicted molar refractivity (Wildman–Crippen MR) is 387 cm³/mol. The number of carbonyl (C=O) groups excluding carboxylic acids is 6. The topological polar surface area (TPSA) is 288 Å². The third kappa shape index (κ3) is 16.8. The molecule has 12 rings (SSSR count). The SMILES string of the molecule is C[C@H](C(=O)N[C@H](C(=O)N1CCC[C@H]1Cn1nnnc1NCc1ccccc1)[C@@H](C)OCC#CC#CCO[C@H](C)[C@H](NC(=O)[C@H](C)N(C)C(=O)OCC1c2ccccc2-c2ccccc21)C(=O)N1CCC[C@H]1Cn1nnnc1NCc1ccccc1)N(C)C(=O)OCC1c2ccccc2-c2ccccc21. The molecule has 2 fully saturated rings. The second-order valence-electron chi connectivity index (χ2n) is 26.5. The van der Waals surface area contributed by atoms with Gasteiger partial charge < -0.3 is 50.0 Å². The number of ether oxygens (including phenoxy) is 4. The van der Waals surface area contributed by atoms with Gasteiger partial charge in [0.25, 0.3) is 0 Å². The van der Waals surface area contributed by atoms with Crippen LogP contribution in [0.2, 0.25) is 0 Å². The average molecular weight is 1410 g/mol. The highest BCUT2D eigenvalue weighted by Gasteiger charge is 2.42. The Morgan fingerprint density at radius 1 is 0.490 bits per heavy atom. The minimum Gasteiger partial charge on any atom is -0.448 e. The Morgan fingerprint density at radius 3 is 1.20 bits per heavy atom. The Balaban J connectivity index is 0.697. The van der Waals surface area contributed by atoms with Gasteiger partial charge in [0.2, 0.25) is 35.5 Å². The summed E-state index contributed by atoms with van der Waals surface area (Å²) >= 11 is 0. The highest BCUT2D eigenvalue weighted by molar-refractivity contribution is 5.93. The second kappa shape index (κ2) is 34.0. The number of likely N-dealkylation sites (N-methyl/N-ethyl adjacent to an activating group) is 2. The lowest BCUT2D eigenvalue weighted by Gasteiger charge is -2.33. The number of hydrogen-bond acceptors (Lipinski definition) is 18. The number of benzene rings is 6. The number of nitrogens with zero attached hydrogens (tertiary/aromatic N) is 12. The number of anilines is 2. The quantitative estimate of drug-likeness (QED) is 0.0339. The molecular formula is C78H86N16O10. The zero-order chi connectivity index (χ0) is 72.6. The molecule has 0 saturated carbocycles. The lowest BCUT2D eigenvalue weighted by molar-refractivity contribution is -0.142. The van der Waals surface area contributed by atoms with E-state index >= 15 is 0 Å². The highest BCUT2D eigenvalue weighted by Crippen LogP contribution is 2.46. The Morgan fingerprint density at radius 2 is 0.837 bits per heavy atom. The zero-order valence-electron chi connectivity index (χ0n) is 59.1. The molecule has 26 heteroatoms. The molecule has 6 amide bonds. The number of nitrogens with one attached hydrogen (secondary N) is 4. The summed E-state index contributed by atoms with van der Waals surface area (Å²) < 4.78 is 27.5. The molecule has 538 valence electrons. The van der Waals surface area contributed by atoms with Crippen LogP contribution in [-0.2, 0) is 64.3 Å². The first kappa shape index (κ1) is 72.3. The summed E-state index contributed by atoms with van der Waals surface area (Å²) in [6.45, 7) is 8.41. The van der Waals surface area contributed by atoms with E-state index in [9.17, 15) is 28.8 Å². The monoisotopic (exact) mass is 1410 g/mol. The number of rotatable bonds is 28. The van der Waals surface area contributed by atoms with E-state index in [-0.39, 0.29) is 63.4 Å². The van der Waals surface area contributed by atoms with Gasteiger partial charge in [0.05, 0.1) is 37.4 Å². The first-order valence-corrected chi connectivity index (χ1v) is 35.3. The molecule has 0 spiro atoms. The van der Waals surface area contributed by atoms with E-state index in [1.54, 1.807) is 46.9 Å². The molecule has 4 heterocycles. The van der Waals surface area contributed by atoms with Gasteiger partial charge >= 0.3 is 12.2 Å². The van der Waals surface area contributed by atoms with Gasteiger partial charge in [-0.15, -0.1) is 0 Å². The summed E-state index contributed by atoms with van der Waals surface area (Å²) in [7, 11) is 2.96. The number of tetrazole rings is 2. The van der Waals surface area contributed by atoms with Crippen molar-refractivity contribution >= 4 is 47.7 Å². The number of fused-ring (bicyclic) bond motifs is 6. The minimum atomic E-state index is -1.24. The van der Waals surface area contributed by atoms with Crippen molar-refractivity contribution in [1.29, 1.82) is 0 Å². The summed E-state index contributed by atoms with van der Waals surface area (Å²) in [5.41, 5.74) is 10.6. The fraction of sp³-hybridized carbons (Fsp3) is 0.385. The lowest BCUT2D eigenvalue weighted by Crippen LogP contribution is -2.58. The third-order valence-corrected chi connectivity index (χ3v) is 20.0. The van der Waals surface area contributed by atoms with E-state index in [0.717, 1.165) is 55.6 Å². The molecule has 2 aromatic heterocycles. The fourth-order valence-electron chi connectivity index (χ4n) is 13.9. The normalized spacial score (nSPS) is 16.6. The number of hydrogen-bond donors (Lipinski definition) is 4. The molecular weight excluding hydrogens is 1320 g/mol. The molecule has 0 unspecified atom stereocenters. The Kier molecular flexibility index (Phi) is 23.6. The van der Waals surface area contributed by atoms with Gasteiger partial charge in [-0.05, 0) is 142 Å². The first-order chi connectivity index (χ1) is 50.6. The minimum absolute atomic E-state index is 0.0477. The van der Waals surface area contributed by atoms with Crippen LogP contribution in [0.5, 0.6) is 0 Å². The van der Waals surface area contributed by atoms with Gasteiger partial charge in [-0.1, -0.05) is 180 Å². The maximum absolute atomic E-state index is 15.0. The van der Waals surface area contributed by atoms with E-state index in [4.69, 9.17) is 18.9 Å². The van der Waals surface area contributed by atoms with Gasteiger partial charge in [0.15, 0.2) is 0 Å². The van der Waals surface area contributed by atoms with E-state index in [1.165, 1.54) is 23.9 Å². The van der Waals surface area contributed by atoms with Crippen molar-refractivity contribution in [2.24, 2.45) is 0 Å². The van der Waals surface area contributed by atoms with Crippen LogP contribution in [0.1, 0.15) is 98.6 Å². The number of amides is 6. The van der Waals surface area contributed by atoms with Crippen molar-refractivity contribution in [3.8, 4) is 45.9 Å². The number of aromatic nitrogens is 8. The van der Waals surface area contributed by atoms with Crippen molar-refractivity contribution < 1.29 is 47.7 Å². The number of carbonyl (C=O) groups is 6. The molecule has 0 radical (unpaired) electrons. The van der Waals surface area contributed by atoms with Crippen molar-refractivity contribution in [2.45, 2.75) is 140 Å². The average Bonchev–Trinajstić information content (AvgIpc) is 1.62. The van der Waals surface area contributed by atoms with Crippen LogP contribution in [0, 0.1) is 23.7 Å². The van der Waals surface area contributed by atoms with Crippen molar-refractivity contribution in [1.82, 2.24) is 70.6 Å². The van der Waals surface area contributed by atoms with Crippen molar-refractivity contribution in [3.05, 3.63) is 191 Å². The lowest BCUT2D eigenvalue weighted by atomic mass is 9.98. The molecule has 2 saturated heterocycles. The Bertz CT molecular complexity index is 4100. The molecule has 2 aliphatic carbocycles. The second-order valence-corrected chi connectivity index (χ2v) is 26.5. The molecule has 104 heavy (non-hydrogen) atoms. The van der Waals surface area contributed by atoms with Crippen molar-refractivity contribution in [2.75, 3.05) is 64.2 Å². The van der Waals surface area contributed by atoms with Crippen molar-refractivity contribution in [3.63, 3.8) is 0 Å². The molecule has 8 atom stereocenters. The standard InChI is InChI=1S/C78H86N16O10/c1-51(89(5)77(99)103-49-67-63-37-19-15-33-59(63)60-34-16-20-38-64(60)67)71(95)81-69(73(97)91-41-25-31-57(91)47-93-75(83-85-87-93)79-45-55-27-11-9-12-28-55)53(3)101-43-23-7-8-24-44-102-54(4)70(74(98)92-42-26-32-58(92)48-94-76(84-86-88-94)80-46-56-29-13-10-14-30-56)82-72(96)52(2)90(6)78(100)104-50-68-65-39-21-17-35-61(65)62-36-18-22-40-66(62)68/h9-22,27-30,33-40,51-54,57-58,67-70H,25-26,31-32,41-50H2,1-6H3,(H,81,95)(H,82,96)(H,79,83,87)(H,80,84,88)/t51-,52+,53-,54-,57+,58+,69+,70+/m1/s1. The fourth-order valence-corrected chi connectivity index (χ4v) is 13.9. The predicted octanol–water partition coefficient (Wildman–Crippen LogP) is 7.89. The summed E-state index contributed by atoms with van der Waals surface area (Å²) in [4.78, 5) is 92.2. The van der Waals surface area contributed by atoms with E-state index in [0.29, 0.717) is 63.8 Å². The van der Waals surface area contributed by atoms with Crippen LogP contribution >= 0.6 is 0 Å². The van der Waals surface area contributed by atoms with Crippen LogP contribution < -0.4 is 21.3 Å². The van der Waals surface area contributed by atoms with Crippen LogP contribution in [0.3, 0.4) is 0 Å². The zero-order valence-corrected chi connectivity index (χ0v) is 59.1. The van der Waals surface area contributed by atoms with E-state index in [2.05, 4.69) is 100 Å². The molecule has 8 aromatic rings. The Hall–Kier alpha value is -11.5. The highest BCUT2D eigenvalue weighted by atomic mass is 16.6. The molecule has 2 aliphatic heterocycles. The Labute approximate surface area is 604 Å². The van der Waals surface area contributed by atoms with Gasteiger partial charge in [-0.2, -0.15) is 0 Å². The van der Waals surface area contributed by atoms with E-state index < -0.39 is 72.2 Å². The van der Waals surface area contributed by atoms with Gasteiger partial charge in [0, 0.05) is 52.1 Å². The van der Waals surface area contributed by atoms with Crippen LogP contribution in [0.15, 0.2) is 158 Å². The first-order valence-electron chi connectivity index (χ1n) is 35.3. The smallest absolute Gasteiger partial charge is 0.410 e. The number of likely N-dealkylation sites (tertiary alicyclic amines) is 2.